The summed E-state index contributed by atoms with van der Waals surface area (Å²) in [7, 11) is 0. The van der Waals surface area contributed by atoms with Crippen molar-refractivity contribution in [2.24, 2.45) is 5.92 Å². The molecular weight excluding hydrogens is 212 g/mol. The van der Waals surface area contributed by atoms with Gasteiger partial charge in [-0.3, -0.25) is 4.79 Å². The fourth-order valence-electron chi connectivity index (χ4n) is 1.51. The van der Waals surface area contributed by atoms with Gasteiger partial charge in [-0.2, -0.15) is 0 Å². The monoisotopic (exact) mass is 224 g/mol. The number of carboxylic acids is 1. The lowest BCUT2D eigenvalue weighted by molar-refractivity contribution is -0.141. The first-order valence-electron chi connectivity index (χ1n) is 4.78. The van der Waals surface area contributed by atoms with Gasteiger partial charge in [0.05, 0.1) is 10.8 Å². The minimum absolute atomic E-state index is 0.350. The van der Waals surface area contributed by atoms with Crippen molar-refractivity contribution in [1.29, 1.82) is 0 Å². The van der Waals surface area contributed by atoms with E-state index in [0.29, 0.717) is 12.4 Å². The molecule has 3 nitrogen and oxygen atoms in total. The molecular formula is C11H12O3S. The first-order chi connectivity index (χ1) is 7.16. The van der Waals surface area contributed by atoms with Crippen LogP contribution in [0.4, 0.5) is 0 Å². The van der Waals surface area contributed by atoms with Crippen molar-refractivity contribution in [3.05, 3.63) is 23.8 Å². The van der Waals surface area contributed by atoms with Crippen molar-refractivity contribution < 1.29 is 14.6 Å². The molecule has 15 heavy (non-hydrogen) atoms. The molecule has 0 saturated carbocycles. The third-order valence-corrected chi connectivity index (χ3v) is 3.28. The second-order valence-electron chi connectivity index (χ2n) is 3.63. The number of carbonyl (C=O) groups is 1. The molecule has 0 bridgehead atoms. The van der Waals surface area contributed by atoms with E-state index in [4.69, 9.17) is 9.84 Å². The number of aliphatic carboxylic acids is 1. The molecule has 1 heterocycles. The predicted molar refractivity (Wildman–Crippen MR) is 58.3 cm³/mol. The van der Waals surface area contributed by atoms with Crippen LogP contribution in [-0.2, 0) is 11.2 Å². The first-order valence-corrected chi connectivity index (χ1v) is 5.76. The summed E-state index contributed by atoms with van der Waals surface area (Å²) in [4.78, 5) is 11.8. The van der Waals surface area contributed by atoms with E-state index < -0.39 is 5.97 Å². The third-order valence-electron chi connectivity index (χ3n) is 2.40. The van der Waals surface area contributed by atoms with Crippen LogP contribution in [-0.4, -0.2) is 17.0 Å². The summed E-state index contributed by atoms with van der Waals surface area (Å²) in [5.41, 5.74) is 1.02. The Morgan fingerprint density at radius 3 is 3.20 bits per heavy atom. The largest absolute Gasteiger partial charge is 0.481 e. The van der Waals surface area contributed by atoms with Gasteiger partial charge in [-0.15, -0.1) is 0 Å². The zero-order chi connectivity index (χ0) is 10.8. The zero-order valence-electron chi connectivity index (χ0n) is 8.40. The summed E-state index contributed by atoms with van der Waals surface area (Å²) in [5, 5.41) is 8.80. The molecule has 0 aromatic heterocycles. The van der Waals surface area contributed by atoms with Crippen molar-refractivity contribution in [1.82, 2.24) is 0 Å². The van der Waals surface area contributed by atoms with Crippen molar-refractivity contribution in [3.63, 3.8) is 0 Å². The molecule has 0 aliphatic carbocycles. The van der Waals surface area contributed by atoms with E-state index in [2.05, 4.69) is 0 Å². The lowest BCUT2D eigenvalue weighted by Crippen LogP contribution is -2.12. The molecule has 1 aliphatic heterocycles. The average molecular weight is 224 g/mol. The maximum absolute atomic E-state index is 10.7. The molecule has 1 N–H and O–H groups in total. The van der Waals surface area contributed by atoms with Crippen LogP contribution < -0.4 is 4.74 Å². The number of ether oxygens (including phenoxy) is 1. The van der Waals surface area contributed by atoms with Gasteiger partial charge in [-0.25, -0.2) is 0 Å². The average Bonchev–Trinajstić information content (AvgIpc) is 2.64. The van der Waals surface area contributed by atoms with Crippen LogP contribution in [0.3, 0.4) is 0 Å². The van der Waals surface area contributed by atoms with Crippen LogP contribution in [0.1, 0.15) is 12.5 Å². The van der Waals surface area contributed by atoms with Crippen molar-refractivity contribution in [3.8, 4) is 5.75 Å². The summed E-state index contributed by atoms with van der Waals surface area (Å²) in [5.74, 6) is 0.436. The summed E-state index contributed by atoms with van der Waals surface area (Å²) in [6.07, 6.45) is 0.552. The Kier molecular flexibility index (Phi) is 2.86. The third kappa shape index (κ3) is 2.26. The van der Waals surface area contributed by atoms with Crippen LogP contribution in [0.25, 0.3) is 0 Å². The van der Waals surface area contributed by atoms with Crippen molar-refractivity contribution in [2.45, 2.75) is 18.2 Å². The Morgan fingerprint density at radius 2 is 2.47 bits per heavy atom. The SMILES string of the molecule is CC(Cc1ccc2c(c1)OCS2)C(=O)O. The van der Waals surface area contributed by atoms with Gasteiger partial charge in [0, 0.05) is 0 Å². The van der Waals surface area contributed by atoms with E-state index >= 15 is 0 Å². The second-order valence-corrected chi connectivity index (χ2v) is 4.60. The number of carboxylic acid groups (broad SMARTS) is 1. The van der Waals surface area contributed by atoms with E-state index in [9.17, 15) is 4.79 Å². The molecule has 1 aliphatic rings. The highest BCUT2D eigenvalue weighted by atomic mass is 32.2. The van der Waals surface area contributed by atoms with Crippen LogP contribution in [0.5, 0.6) is 5.75 Å². The Labute approximate surface area is 92.4 Å². The fourth-order valence-corrected chi connectivity index (χ4v) is 2.25. The Balaban J connectivity index is 2.13. The van der Waals surface area contributed by atoms with Gasteiger partial charge in [0.25, 0.3) is 0 Å². The highest BCUT2D eigenvalue weighted by molar-refractivity contribution is 7.99. The molecule has 1 aromatic rings. The molecule has 2 rings (SSSR count). The molecule has 4 heteroatoms. The van der Waals surface area contributed by atoms with Crippen LogP contribution in [0.15, 0.2) is 23.1 Å². The number of fused-ring (bicyclic) bond motifs is 1. The molecule has 80 valence electrons. The lowest BCUT2D eigenvalue weighted by atomic mass is 10.0. The highest BCUT2D eigenvalue weighted by Gasteiger charge is 2.16. The Hall–Kier alpha value is -1.16. The summed E-state index contributed by atoms with van der Waals surface area (Å²) >= 11 is 1.66. The maximum Gasteiger partial charge on any atom is 0.306 e. The van der Waals surface area contributed by atoms with E-state index in [1.54, 1.807) is 18.7 Å². The molecule has 0 radical (unpaired) electrons. The summed E-state index contributed by atoms with van der Waals surface area (Å²) in [6.45, 7) is 1.71. The van der Waals surface area contributed by atoms with Gasteiger partial charge in [-0.1, -0.05) is 24.8 Å². The van der Waals surface area contributed by atoms with Gasteiger partial charge in [0.15, 0.2) is 0 Å². The number of thioether (sulfide) groups is 1. The van der Waals surface area contributed by atoms with Gasteiger partial charge >= 0.3 is 5.97 Å². The second kappa shape index (κ2) is 4.14. The minimum atomic E-state index is -0.759. The van der Waals surface area contributed by atoms with E-state index in [0.717, 1.165) is 16.2 Å². The fraction of sp³-hybridized carbons (Fsp3) is 0.364. The number of hydrogen-bond acceptors (Lipinski definition) is 3. The van der Waals surface area contributed by atoms with Crippen LogP contribution >= 0.6 is 11.8 Å². The Morgan fingerprint density at radius 1 is 1.67 bits per heavy atom. The molecule has 0 spiro atoms. The van der Waals surface area contributed by atoms with Crippen molar-refractivity contribution >= 4 is 17.7 Å². The first kappa shape index (κ1) is 10.4. The van der Waals surface area contributed by atoms with E-state index in [1.807, 2.05) is 18.2 Å². The van der Waals surface area contributed by atoms with E-state index in [1.165, 1.54) is 0 Å². The molecule has 0 amide bonds. The molecule has 0 saturated heterocycles. The van der Waals surface area contributed by atoms with Gasteiger partial charge in [0.1, 0.15) is 11.7 Å². The molecule has 1 atom stereocenters. The summed E-state index contributed by atoms with van der Waals surface area (Å²) in [6, 6.07) is 5.91. The van der Waals surface area contributed by atoms with Gasteiger partial charge in [-0.05, 0) is 24.1 Å². The number of benzene rings is 1. The number of rotatable bonds is 3. The number of hydrogen-bond donors (Lipinski definition) is 1. The van der Waals surface area contributed by atoms with Gasteiger partial charge in [0.2, 0.25) is 0 Å². The normalized spacial score (nSPS) is 15.5. The molecule has 0 fully saturated rings. The molecule has 1 aromatic carbocycles. The lowest BCUT2D eigenvalue weighted by Gasteiger charge is -2.07. The quantitative estimate of drug-likeness (QED) is 0.856. The summed E-state index contributed by atoms with van der Waals surface area (Å²) < 4.78 is 5.40. The maximum atomic E-state index is 10.7. The minimum Gasteiger partial charge on any atom is -0.481 e. The standard InChI is InChI=1S/C11H12O3S/c1-7(11(12)13)4-8-2-3-10-9(5-8)14-6-15-10/h2-3,5,7H,4,6H2,1H3,(H,12,13). The van der Waals surface area contributed by atoms with Crippen molar-refractivity contribution in [2.75, 3.05) is 5.94 Å². The van der Waals surface area contributed by atoms with Gasteiger partial charge < -0.3 is 9.84 Å². The van der Waals surface area contributed by atoms with Crippen LogP contribution in [0, 0.1) is 5.92 Å². The van der Waals surface area contributed by atoms with Crippen LogP contribution in [0.2, 0.25) is 0 Å². The topological polar surface area (TPSA) is 46.5 Å². The van der Waals surface area contributed by atoms with E-state index in [-0.39, 0.29) is 5.92 Å². The predicted octanol–water partition coefficient (Wildman–Crippen LogP) is 2.39. The Bertz CT molecular complexity index is 389. The zero-order valence-corrected chi connectivity index (χ0v) is 9.21. The molecule has 1 unspecified atom stereocenters. The highest BCUT2D eigenvalue weighted by Crippen LogP contribution is 2.36. The smallest absolute Gasteiger partial charge is 0.306 e.